The summed E-state index contributed by atoms with van der Waals surface area (Å²) in [6.45, 7) is 5.06. The molecule has 0 saturated heterocycles. The van der Waals surface area contributed by atoms with Gasteiger partial charge in [0, 0.05) is 36.7 Å². The zero-order valence-corrected chi connectivity index (χ0v) is 17.3. The lowest BCUT2D eigenvalue weighted by atomic mass is 9.81. The molecule has 1 aliphatic rings. The average Bonchev–Trinajstić information content (AvgIpc) is 2.67. The Hall–Kier alpha value is -2.53. The average molecular weight is 394 g/mol. The van der Waals surface area contributed by atoms with Gasteiger partial charge in [0.15, 0.2) is 5.78 Å². The second-order valence-corrected chi connectivity index (χ2v) is 8.12. The van der Waals surface area contributed by atoms with Gasteiger partial charge in [0.05, 0.1) is 5.57 Å². The molecule has 2 N–H and O–H groups in total. The molecule has 1 unspecified atom stereocenters. The number of Topliss-reactive ketones (excluding diaryl/α,β-unsaturated/α-hetero) is 1. The van der Waals surface area contributed by atoms with Crippen LogP contribution in [0.5, 0.6) is 0 Å². The highest BCUT2D eigenvalue weighted by Gasteiger charge is 2.30. The number of anilines is 1. The highest BCUT2D eigenvalue weighted by molar-refractivity contribution is 7.81. The largest absolute Gasteiger partial charge is 0.384 e. The molecule has 5 heteroatoms. The van der Waals surface area contributed by atoms with Crippen LogP contribution in [-0.4, -0.2) is 15.8 Å². The second kappa shape index (κ2) is 9.60. The number of carbonyl (C=O) groups is 1. The van der Waals surface area contributed by atoms with E-state index in [4.69, 9.17) is 12.2 Å². The molecule has 0 radical (unpaired) electrons. The molecule has 28 heavy (non-hydrogen) atoms. The maximum absolute atomic E-state index is 13.0. The van der Waals surface area contributed by atoms with Crippen molar-refractivity contribution in [3.8, 4) is 0 Å². The minimum absolute atomic E-state index is 0.127. The van der Waals surface area contributed by atoms with E-state index >= 15 is 0 Å². The van der Waals surface area contributed by atoms with Crippen molar-refractivity contribution in [1.29, 1.82) is 0 Å². The summed E-state index contributed by atoms with van der Waals surface area (Å²) >= 11 is 5.63. The number of carbonyl (C=O) groups excluding carboxylic acids is 1. The molecular formula is C23H27N3OS. The van der Waals surface area contributed by atoms with Crippen LogP contribution < -0.4 is 10.6 Å². The van der Waals surface area contributed by atoms with Crippen LogP contribution in [0.15, 0.2) is 66.1 Å². The first-order valence-electron chi connectivity index (χ1n) is 9.78. The Morgan fingerprint density at radius 1 is 1.14 bits per heavy atom. The van der Waals surface area contributed by atoms with Gasteiger partial charge in [0.2, 0.25) is 0 Å². The van der Waals surface area contributed by atoms with Crippen molar-refractivity contribution in [3.05, 3.63) is 71.7 Å². The van der Waals surface area contributed by atoms with Gasteiger partial charge in [-0.25, -0.2) is 0 Å². The lowest BCUT2D eigenvalue weighted by molar-refractivity contribution is -0.116. The molecule has 1 aromatic heterocycles. The monoisotopic (exact) mass is 393 g/mol. The predicted molar refractivity (Wildman–Crippen MR) is 118 cm³/mol. The predicted octanol–water partition coefficient (Wildman–Crippen LogP) is 4.89. The number of nitrogens with one attached hydrogen (secondary N) is 2. The van der Waals surface area contributed by atoms with Crippen molar-refractivity contribution < 1.29 is 4.79 Å². The molecule has 2 aromatic rings. The van der Waals surface area contributed by atoms with Crippen LogP contribution >= 0.6 is 12.2 Å². The Bertz CT molecular complexity index is 847. The quantitative estimate of drug-likeness (QED) is 0.656. The fourth-order valence-electron chi connectivity index (χ4n) is 3.68. The van der Waals surface area contributed by atoms with Gasteiger partial charge in [-0.3, -0.25) is 9.78 Å². The van der Waals surface area contributed by atoms with E-state index < -0.39 is 0 Å². The summed E-state index contributed by atoms with van der Waals surface area (Å²) in [5.74, 6) is 1.05. The number of pyridine rings is 1. The molecule has 146 valence electrons. The van der Waals surface area contributed by atoms with E-state index in [9.17, 15) is 4.79 Å². The smallest absolute Gasteiger partial charge is 0.167 e. The lowest BCUT2D eigenvalue weighted by Crippen LogP contribution is -2.32. The second-order valence-electron chi connectivity index (χ2n) is 7.71. The standard InChI is InChI=1S/C23H27N3OS/c1-16(2)12-18-13-20(25-15-17-8-10-24-11-9-17)22(21(27)14-18)23(28)26-19-6-4-3-5-7-19/h3-11,16,18,25H,12-15H2,1-2H3,(H,26,28). The topological polar surface area (TPSA) is 54.0 Å². The van der Waals surface area contributed by atoms with Crippen LogP contribution in [0.1, 0.15) is 38.7 Å². The van der Waals surface area contributed by atoms with Crippen molar-refractivity contribution in [2.75, 3.05) is 5.32 Å². The maximum Gasteiger partial charge on any atom is 0.167 e. The highest BCUT2D eigenvalue weighted by atomic mass is 32.1. The number of hydrogen-bond acceptors (Lipinski definition) is 4. The summed E-state index contributed by atoms with van der Waals surface area (Å²) in [5, 5.41) is 6.72. The molecule has 1 aliphatic carbocycles. The first-order valence-corrected chi connectivity index (χ1v) is 10.2. The van der Waals surface area contributed by atoms with Crippen molar-refractivity contribution >= 4 is 28.7 Å². The van der Waals surface area contributed by atoms with Gasteiger partial charge in [-0.05, 0) is 54.5 Å². The zero-order chi connectivity index (χ0) is 19.9. The first-order chi connectivity index (χ1) is 13.5. The number of ketones is 1. The van der Waals surface area contributed by atoms with Gasteiger partial charge in [-0.15, -0.1) is 0 Å². The van der Waals surface area contributed by atoms with Crippen molar-refractivity contribution in [2.45, 2.75) is 39.7 Å². The van der Waals surface area contributed by atoms with Crippen LogP contribution in [-0.2, 0) is 11.3 Å². The van der Waals surface area contributed by atoms with Crippen molar-refractivity contribution in [1.82, 2.24) is 10.3 Å². The van der Waals surface area contributed by atoms with E-state index in [-0.39, 0.29) is 5.78 Å². The van der Waals surface area contributed by atoms with Gasteiger partial charge in [0.25, 0.3) is 0 Å². The van der Waals surface area contributed by atoms with E-state index in [1.165, 1.54) is 0 Å². The molecule has 1 atom stereocenters. The van der Waals surface area contributed by atoms with Crippen LogP contribution in [0.2, 0.25) is 0 Å². The van der Waals surface area contributed by atoms with Gasteiger partial charge in [-0.2, -0.15) is 0 Å². The van der Waals surface area contributed by atoms with E-state index in [1.54, 1.807) is 12.4 Å². The number of aromatic nitrogens is 1. The van der Waals surface area contributed by atoms with E-state index in [2.05, 4.69) is 29.5 Å². The summed E-state index contributed by atoms with van der Waals surface area (Å²) in [4.78, 5) is 17.6. The molecule has 0 amide bonds. The van der Waals surface area contributed by atoms with Crippen LogP contribution in [0, 0.1) is 11.8 Å². The van der Waals surface area contributed by atoms with Gasteiger partial charge in [0.1, 0.15) is 4.99 Å². The van der Waals surface area contributed by atoms with Crippen LogP contribution in [0.3, 0.4) is 0 Å². The van der Waals surface area contributed by atoms with E-state index in [0.717, 1.165) is 29.8 Å². The third-order valence-corrected chi connectivity index (χ3v) is 5.17. The summed E-state index contributed by atoms with van der Waals surface area (Å²) in [5.41, 5.74) is 3.60. The summed E-state index contributed by atoms with van der Waals surface area (Å²) in [6.07, 6.45) is 6.01. The normalized spacial score (nSPS) is 17.0. The Morgan fingerprint density at radius 3 is 2.54 bits per heavy atom. The Kier molecular flexibility index (Phi) is 6.93. The molecule has 0 spiro atoms. The molecular weight excluding hydrogens is 366 g/mol. The fourth-order valence-corrected chi connectivity index (χ4v) is 4.03. The lowest BCUT2D eigenvalue weighted by Gasteiger charge is -2.29. The Morgan fingerprint density at radius 2 is 1.86 bits per heavy atom. The number of hydrogen-bond donors (Lipinski definition) is 2. The van der Waals surface area contributed by atoms with E-state index in [1.807, 2.05) is 42.5 Å². The van der Waals surface area contributed by atoms with Crippen molar-refractivity contribution in [3.63, 3.8) is 0 Å². The molecule has 3 rings (SSSR count). The summed E-state index contributed by atoms with van der Waals surface area (Å²) < 4.78 is 0. The van der Waals surface area contributed by atoms with Crippen LogP contribution in [0.25, 0.3) is 0 Å². The molecule has 0 saturated carbocycles. The number of rotatable bonds is 7. The molecule has 4 nitrogen and oxygen atoms in total. The number of benzene rings is 1. The molecule has 1 aromatic carbocycles. The van der Waals surface area contributed by atoms with Gasteiger partial charge >= 0.3 is 0 Å². The summed E-state index contributed by atoms with van der Waals surface area (Å²) in [6, 6.07) is 13.7. The number of nitrogens with zero attached hydrogens (tertiary/aromatic N) is 1. The minimum atomic E-state index is 0.127. The van der Waals surface area contributed by atoms with Gasteiger partial charge in [-0.1, -0.05) is 44.3 Å². The first kappa shape index (κ1) is 20.2. The van der Waals surface area contributed by atoms with Crippen LogP contribution in [0.4, 0.5) is 5.69 Å². The highest BCUT2D eigenvalue weighted by Crippen LogP contribution is 2.31. The summed E-state index contributed by atoms with van der Waals surface area (Å²) in [7, 11) is 0. The zero-order valence-electron chi connectivity index (χ0n) is 16.4. The number of para-hydroxylation sites is 1. The third kappa shape index (κ3) is 5.49. The maximum atomic E-state index is 13.0. The molecule has 0 fully saturated rings. The third-order valence-electron chi connectivity index (χ3n) is 4.87. The number of thiocarbonyl (C=S) groups is 1. The minimum Gasteiger partial charge on any atom is -0.384 e. The van der Waals surface area contributed by atoms with E-state index in [0.29, 0.717) is 35.4 Å². The molecule has 1 heterocycles. The molecule has 0 aliphatic heterocycles. The molecule has 0 bridgehead atoms. The SMILES string of the molecule is CC(C)CC1CC(=O)C(C(=S)Nc2ccccc2)=C(NCc2ccncc2)C1. The van der Waals surface area contributed by atoms with Gasteiger partial charge < -0.3 is 10.6 Å². The number of allylic oxidation sites excluding steroid dienone is 1. The fraction of sp³-hybridized carbons (Fsp3) is 0.348. The Labute approximate surface area is 172 Å². The Balaban J connectivity index is 1.83. The van der Waals surface area contributed by atoms with Crippen molar-refractivity contribution in [2.24, 2.45) is 11.8 Å².